The largest absolute Gasteiger partial charge is 0.354 e. The lowest BCUT2D eigenvalue weighted by molar-refractivity contribution is 0.211. The summed E-state index contributed by atoms with van der Waals surface area (Å²) in [4.78, 5) is 29.8. The first-order valence-corrected chi connectivity index (χ1v) is 13.9. The fourth-order valence-electron chi connectivity index (χ4n) is 5.27. The van der Waals surface area contributed by atoms with E-state index in [0.717, 1.165) is 41.2 Å². The van der Waals surface area contributed by atoms with E-state index in [9.17, 15) is 4.79 Å². The molecule has 1 aliphatic heterocycles. The van der Waals surface area contributed by atoms with Crippen molar-refractivity contribution in [1.82, 2.24) is 24.4 Å². The first-order valence-electron chi connectivity index (χ1n) is 13.5. The van der Waals surface area contributed by atoms with E-state index >= 15 is 0 Å². The molecule has 0 aliphatic carbocycles. The second-order valence-electron chi connectivity index (χ2n) is 10.3. The Morgan fingerprint density at radius 3 is 2.63 bits per heavy atom. The van der Waals surface area contributed by atoms with E-state index in [4.69, 9.17) is 16.6 Å². The predicted octanol–water partition coefficient (Wildman–Crippen LogP) is 6.04. The van der Waals surface area contributed by atoms with Crippen molar-refractivity contribution in [1.29, 1.82) is 0 Å². The van der Waals surface area contributed by atoms with Crippen LogP contribution in [0.2, 0.25) is 5.02 Å². The van der Waals surface area contributed by atoms with Crippen LogP contribution in [0.1, 0.15) is 38.3 Å². The summed E-state index contributed by atoms with van der Waals surface area (Å²) >= 11 is 6.71. The Balaban J connectivity index is 1.36. The van der Waals surface area contributed by atoms with Crippen molar-refractivity contribution in [2.45, 2.75) is 46.1 Å². The van der Waals surface area contributed by atoms with E-state index in [1.807, 2.05) is 56.3 Å². The van der Waals surface area contributed by atoms with Crippen LogP contribution in [0.15, 0.2) is 53.5 Å². The van der Waals surface area contributed by atoms with E-state index < -0.39 is 0 Å². The maximum atomic E-state index is 13.5. The van der Waals surface area contributed by atoms with Gasteiger partial charge in [0.15, 0.2) is 0 Å². The van der Waals surface area contributed by atoms with Crippen molar-refractivity contribution >= 4 is 28.6 Å². The standard InChI is InChI=1S/C30H35ClN6O/c1-4-37-28-23(19-33-30(35-28)32-14-6-8-21-12-15-36(3)16-13-21)17-25(29(37)38)24-11-10-22(18-26(24)31)27-9-5-7-20(2)34-27/h5,7,9-11,17-19,21H,4,6,8,12-16H2,1-3H3,(H,32,33,35). The highest BCUT2D eigenvalue weighted by Gasteiger charge is 2.17. The number of pyridine rings is 2. The van der Waals surface area contributed by atoms with Crippen LogP contribution in [0.4, 0.5) is 5.95 Å². The second-order valence-corrected chi connectivity index (χ2v) is 10.7. The minimum atomic E-state index is -0.116. The van der Waals surface area contributed by atoms with Gasteiger partial charge in [-0.15, -0.1) is 0 Å². The quantitative estimate of drug-likeness (QED) is 0.280. The van der Waals surface area contributed by atoms with Gasteiger partial charge < -0.3 is 10.2 Å². The van der Waals surface area contributed by atoms with Gasteiger partial charge in [0.05, 0.1) is 5.69 Å². The maximum absolute atomic E-state index is 13.5. The SMILES string of the molecule is CCn1c(=O)c(-c2ccc(-c3cccc(C)n3)cc2Cl)cc2cnc(NCCCC3CCN(C)CC3)nc21. The molecule has 0 unspecified atom stereocenters. The Morgan fingerprint density at radius 2 is 1.89 bits per heavy atom. The topological polar surface area (TPSA) is 75.9 Å². The Labute approximate surface area is 228 Å². The molecule has 4 heterocycles. The molecule has 7 nitrogen and oxygen atoms in total. The number of rotatable bonds is 8. The number of aromatic nitrogens is 4. The van der Waals surface area contributed by atoms with Crippen molar-refractivity contribution < 1.29 is 0 Å². The van der Waals surface area contributed by atoms with Crippen LogP contribution in [0.3, 0.4) is 0 Å². The van der Waals surface area contributed by atoms with Gasteiger partial charge in [-0.3, -0.25) is 14.3 Å². The highest BCUT2D eigenvalue weighted by molar-refractivity contribution is 6.33. The summed E-state index contributed by atoms with van der Waals surface area (Å²) in [7, 11) is 2.20. The van der Waals surface area contributed by atoms with Crippen LogP contribution in [0.25, 0.3) is 33.4 Å². The molecule has 8 heteroatoms. The van der Waals surface area contributed by atoms with Crippen molar-refractivity contribution in [2.24, 2.45) is 5.92 Å². The fraction of sp³-hybridized carbons (Fsp3) is 0.400. The molecule has 0 radical (unpaired) electrons. The van der Waals surface area contributed by atoms with E-state index in [0.29, 0.717) is 34.3 Å². The van der Waals surface area contributed by atoms with Crippen molar-refractivity contribution in [3.63, 3.8) is 0 Å². The second kappa shape index (κ2) is 11.6. The van der Waals surface area contributed by atoms with E-state index in [-0.39, 0.29) is 5.56 Å². The molecule has 0 saturated carbocycles. The molecule has 0 amide bonds. The number of benzene rings is 1. The van der Waals surface area contributed by atoms with Gasteiger partial charge in [-0.25, -0.2) is 4.98 Å². The normalized spacial score (nSPS) is 14.7. The molecule has 1 saturated heterocycles. The highest BCUT2D eigenvalue weighted by Crippen LogP contribution is 2.31. The van der Waals surface area contributed by atoms with Crippen molar-refractivity contribution in [3.05, 3.63) is 69.7 Å². The smallest absolute Gasteiger partial charge is 0.260 e. The molecule has 5 rings (SSSR count). The van der Waals surface area contributed by atoms with Gasteiger partial charge in [0.1, 0.15) is 5.65 Å². The van der Waals surface area contributed by atoms with Crippen molar-refractivity contribution in [2.75, 3.05) is 32.0 Å². The first kappa shape index (κ1) is 26.3. The van der Waals surface area contributed by atoms with Gasteiger partial charge in [-0.2, -0.15) is 4.98 Å². The van der Waals surface area contributed by atoms with Gasteiger partial charge in [-0.1, -0.05) is 29.8 Å². The molecule has 3 aromatic heterocycles. The third-order valence-electron chi connectivity index (χ3n) is 7.50. The van der Waals surface area contributed by atoms with Crippen LogP contribution < -0.4 is 10.9 Å². The van der Waals surface area contributed by atoms with E-state index in [2.05, 4.69) is 27.2 Å². The van der Waals surface area contributed by atoms with Gasteiger partial charge in [0, 0.05) is 52.1 Å². The molecule has 0 spiro atoms. The third kappa shape index (κ3) is 5.74. The molecule has 1 fully saturated rings. The molecular weight excluding hydrogens is 496 g/mol. The number of nitrogens with one attached hydrogen (secondary N) is 1. The van der Waals surface area contributed by atoms with Crippen LogP contribution in [0.5, 0.6) is 0 Å². The maximum Gasteiger partial charge on any atom is 0.260 e. The summed E-state index contributed by atoms with van der Waals surface area (Å²) in [5.41, 5.74) is 4.44. The Hall–Kier alpha value is -3.29. The van der Waals surface area contributed by atoms with E-state index in [1.54, 1.807) is 10.8 Å². The lowest BCUT2D eigenvalue weighted by Gasteiger charge is -2.28. The van der Waals surface area contributed by atoms with Gasteiger partial charge in [0.25, 0.3) is 5.56 Å². The highest BCUT2D eigenvalue weighted by atomic mass is 35.5. The van der Waals surface area contributed by atoms with Crippen LogP contribution in [0, 0.1) is 12.8 Å². The van der Waals surface area contributed by atoms with Gasteiger partial charge >= 0.3 is 0 Å². The van der Waals surface area contributed by atoms with Crippen LogP contribution in [-0.2, 0) is 6.54 Å². The minimum absolute atomic E-state index is 0.116. The molecule has 198 valence electrons. The predicted molar refractivity (Wildman–Crippen MR) is 156 cm³/mol. The summed E-state index contributed by atoms with van der Waals surface area (Å²) in [5, 5.41) is 4.67. The zero-order valence-corrected chi connectivity index (χ0v) is 23.1. The minimum Gasteiger partial charge on any atom is -0.354 e. The molecule has 38 heavy (non-hydrogen) atoms. The summed E-state index contributed by atoms with van der Waals surface area (Å²) in [6.45, 7) is 7.63. The summed E-state index contributed by atoms with van der Waals surface area (Å²) in [6.07, 6.45) is 6.65. The molecule has 1 aliphatic rings. The van der Waals surface area contributed by atoms with E-state index in [1.165, 1.54) is 32.4 Å². The number of anilines is 1. The number of hydrogen-bond donors (Lipinski definition) is 1. The lowest BCUT2D eigenvalue weighted by atomic mass is 9.92. The average molecular weight is 531 g/mol. The zero-order chi connectivity index (χ0) is 26.6. The average Bonchev–Trinajstić information content (AvgIpc) is 2.92. The number of likely N-dealkylation sites (tertiary alicyclic amines) is 1. The Bertz CT molecular complexity index is 1490. The molecule has 0 bridgehead atoms. The monoisotopic (exact) mass is 530 g/mol. The van der Waals surface area contributed by atoms with Crippen LogP contribution in [-0.4, -0.2) is 51.1 Å². The first-order chi connectivity index (χ1) is 18.4. The molecule has 1 aromatic carbocycles. The molecule has 0 atom stereocenters. The number of piperidine rings is 1. The molecular formula is C30H35ClN6O. The lowest BCUT2D eigenvalue weighted by Crippen LogP contribution is -2.30. The summed E-state index contributed by atoms with van der Waals surface area (Å²) in [5.74, 6) is 1.37. The number of aryl methyl sites for hydroxylation is 2. The number of fused-ring (bicyclic) bond motifs is 1. The third-order valence-corrected chi connectivity index (χ3v) is 7.81. The zero-order valence-electron chi connectivity index (χ0n) is 22.4. The van der Waals surface area contributed by atoms with Crippen LogP contribution >= 0.6 is 11.6 Å². The van der Waals surface area contributed by atoms with Crippen molar-refractivity contribution in [3.8, 4) is 22.4 Å². The molecule has 4 aromatic rings. The fourth-order valence-corrected chi connectivity index (χ4v) is 5.55. The number of hydrogen-bond acceptors (Lipinski definition) is 6. The molecule has 1 N–H and O–H groups in total. The Kier molecular flexibility index (Phi) is 8.05. The number of nitrogens with zero attached hydrogens (tertiary/aromatic N) is 5. The van der Waals surface area contributed by atoms with Gasteiger partial charge in [0.2, 0.25) is 5.95 Å². The number of halogens is 1. The summed E-state index contributed by atoms with van der Waals surface area (Å²) in [6, 6.07) is 13.5. The Morgan fingerprint density at radius 1 is 1.08 bits per heavy atom. The summed E-state index contributed by atoms with van der Waals surface area (Å²) < 4.78 is 1.70. The van der Waals surface area contributed by atoms with Gasteiger partial charge in [-0.05, 0) is 89.9 Å².